The monoisotopic (exact) mass is 386 g/mol. The Morgan fingerprint density at radius 3 is 2.62 bits per heavy atom. The van der Waals surface area contributed by atoms with Gasteiger partial charge in [-0.15, -0.1) is 0 Å². The number of nitrogens with zero attached hydrogens (tertiary/aromatic N) is 3. The van der Waals surface area contributed by atoms with Crippen molar-refractivity contribution in [2.45, 2.75) is 0 Å². The third kappa shape index (κ3) is 3.05. The normalized spacial score (nSPS) is 10.2. The van der Waals surface area contributed by atoms with Crippen molar-refractivity contribution in [1.29, 1.82) is 0 Å². The number of carbonyl (C=O) groups excluding carboxylic acids is 2. The minimum Gasteiger partial charge on any atom is -0.423 e. The standard InChI is InChI=1S/C15H11BrN4O.CO2/c1-20-12-5-3-2-4-10(12)17-14(20)19-15-18-11-7-6-9(16)8-13(11)21-15;2-1-3/h2-8H,1H3,(H,17,18,19);. The Labute approximate surface area is 144 Å². The molecule has 2 heterocycles. The predicted molar refractivity (Wildman–Crippen MR) is 90.7 cm³/mol. The molecule has 0 bridgehead atoms. The first-order chi connectivity index (χ1) is 11.6. The summed E-state index contributed by atoms with van der Waals surface area (Å²) in [4.78, 5) is 25.2. The summed E-state index contributed by atoms with van der Waals surface area (Å²) in [6.45, 7) is 0. The van der Waals surface area contributed by atoms with Gasteiger partial charge in [0.2, 0.25) is 5.95 Å². The van der Waals surface area contributed by atoms with Crippen molar-refractivity contribution in [1.82, 2.24) is 14.5 Å². The molecule has 0 saturated carbocycles. The highest BCUT2D eigenvalue weighted by atomic mass is 79.9. The Morgan fingerprint density at radius 2 is 1.88 bits per heavy atom. The van der Waals surface area contributed by atoms with Gasteiger partial charge in [-0.1, -0.05) is 28.1 Å². The van der Waals surface area contributed by atoms with Crippen LogP contribution in [0.1, 0.15) is 0 Å². The van der Waals surface area contributed by atoms with E-state index in [0.29, 0.717) is 12.0 Å². The number of benzene rings is 2. The number of para-hydroxylation sites is 2. The van der Waals surface area contributed by atoms with Crippen LogP contribution >= 0.6 is 15.9 Å². The third-order valence-corrected chi connectivity index (χ3v) is 3.85. The van der Waals surface area contributed by atoms with Gasteiger partial charge >= 0.3 is 12.2 Å². The van der Waals surface area contributed by atoms with Gasteiger partial charge in [-0.25, -0.2) is 4.98 Å². The first-order valence-corrected chi connectivity index (χ1v) is 7.65. The molecular formula is C16H11BrN4O3. The largest absolute Gasteiger partial charge is 0.423 e. The van der Waals surface area contributed by atoms with Crippen molar-refractivity contribution >= 4 is 56.2 Å². The molecular weight excluding hydrogens is 376 g/mol. The highest BCUT2D eigenvalue weighted by Crippen LogP contribution is 2.25. The van der Waals surface area contributed by atoms with E-state index in [1.807, 2.05) is 54.1 Å². The van der Waals surface area contributed by atoms with E-state index in [0.717, 1.165) is 26.6 Å². The van der Waals surface area contributed by atoms with Crippen molar-refractivity contribution in [2.75, 3.05) is 5.32 Å². The van der Waals surface area contributed by atoms with Crippen LogP contribution in [-0.4, -0.2) is 20.7 Å². The number of oxazole rings is 1. The first kappa shape index (κ1) is 15.9. The molecule has 0 unspecified atom stereocenters. The lowest BCUT2D eigenvalue weighted by Crippen LogP contribution is -1.98. The molecule has 24 heavy (non-hydrogen) atoms. The van der Waals surface area contributed by atoms with E-state index in [1.54, 1.807) is 0 Å². The second-order valence-electron chi connectivity index (χ2n) is 4.82. The van der Waals surface area contributed by atoms with Crippen LogP contribution in [0.4, 0.5) is 12.0 Å². The lowest BCUT2D eigenvalue weighted by atomic mass is 10.3. The number of hydrogen-bond acceptors (Lipinski definition) is 6. The minimum absolute atomic E-state index is 0.250. The second-order valence-corrected chi connectivity index (χ2v) is 5.74. The molecule has 2 aromatic heterocycles. The Morgan fingerprint density at radius 1 is 1.12 bits per heavy atom. The summed E-state index contributed by atoms with van der Waals surface area (Å²) in [5.41, 5.74) is 3.52. The average molecular weight is 387 g/mol. The van der Waals surface area contributed by atoms with E-state index in [4.69, 9.17) is 14.0 Å². The maximum absolute atomic E-state index is 8.12. The smallest absolute Gasteiger partial charge is 0.373 e. The zero-order valence-electron chi connectivity index (χ0n) is 12.5. The van der Waals surface area contributed by atoms with E-state index in [2.05, 4.69) is 31.2 Å². The van der Waals surface area contributed by atoms with E-state index >= 15 is 0 Å². The molecule has 0 aliphatic carbocycles. The maximum Gasteiger partial charge on any atom is 0.373 e. The Balaban J connectivity index is 0.000000526. The van der Waals surface area contributed by atoms with Gasteiger partial charge in [0, 0.05) is 11.5 Å². The maximum atomic E-state index is 8.12. The molecule has 120 valence electrons. The molecule has 4 aromatic rings. The van der Waals surface area contributed by atoms with Crippen LogP contribution in [0.25, 0.3) is 22.1 Å². The molecule has 0 aliphatic heterocycles. The van der Waals surface area contributed by atoms with Gasteiger partial charge in [0.05, 0.1) is 11.0 Å². The van der Waals surface area contributed by atoms with Crippen molar-refractivity contribution in [3.63, 3.8) is 0 Å². The van der Waals surface area contributed by atoms with E-state index < -0.39 is 0 Å². The van der Waals surface area contributed by atoms with Gasteiger partial charge in [0.25, 0.3) is 0 Å². The van der Waals surface area contributed by atoms with E-state index in [-0.39, 0.29) is 6.15 Å². The van der Waals surface area contributed by atoms with E-state index in [1.165, 1.54) is 0 Å². The lowest BCUT2D eigenvalue weighted by Gasteiger charge is -2.01. The van der Waals surface area contributed by atoms with Gasteiger partial charge in [-0.2, -0.15) is 14.6 Å². The summed E-state index contributed by atoms with van der Waals surface area (Å²) in [6.07, 6.45) is 0.250. The van der Waals surface area contributed by atoms with Crippen LogP contribution in [-0.2, 0) is 16.6 Å². The fourth-order valence-electron chi connectivity index (χ4n) is 2.30. The number of nitrogens with one attached hydrogen (secondary N) is 1. The van der Waals surface area contributed by atoms with Gasteiger partial charge in [0.15, 0.2) is 5.58 Å². The Hall–Kier alpha value is -2.96. The SMILES string of the molecule is Cn1c(Nc2nc3ccc(Br)cc3o2)nc2ccccc21.O=C=O. The zero-order valence-corrected chi connectivity index (χ0v) is 14.1. The number of imidazole rings is 1. The number of aryl methyl sites for hydroxylation is 1. The minimum atomic E-state index is 0.250. The number of rotatable bonds is 2. The molecule has 0 amide bonds. The summed E-state index contributed by atoms with van der Waals surface area (Å²) in [7, 11) is 1.96. The fourth-order valence-corrected chi connectivity index (χ4v) is 2.64. The van der Waals surface area contributed by atoms with Crippen LogP contribution in [0.5, 0.6) is 0 Å². The van der Waals surface area contributed by atoms with Crippen LogP contribution in [0.15, 0.2) is 51.4 Å². The third-order valence-electron chi connectivity index (χ3n) is 3.36. The molecule has 0 saturated heterocycles. The number of halogens is 1. The number of hydrogen-bond donors (Lipinski definition) is 1. The molecule has 1 N–H and O–H groups in total. The Kier molecular flexibility index (Phi) is 4.41. The average Bonchev–Trinajstić information content (AvgIpc) is 3.09. The predicted octanol–water partition coefficient (Wildman–Crippen LogP) is 3.64. The van der Waals surface area contributed by atoms with Crippen LogP contribution < -0.4 is 5.32 Å². The van der Waals surface area contributed by atoms with Crippen molar-refractivity contribution in [3.05, 3.63) is 46.9 Å². The summed E-state index contributed by atoms with van der Waals surface area (Å²) < 4.78 is 8.63. The van der Waals surface area contributed by atoms with Crippen molar-refractivity contribution in [2.24, 2.45) is 7.05 Å². The van der Waals surface area contributed by atoms with Gasteiger partial charge in [-0.05, 0) is 30.3 Å². The highest BCUT2D eigenvalue weighted by Gasteiger charge is 2.11. The topological polar surface area (TPSA) is 90.0 Å². The van der Waals surface area contributed by atoms with Crippen molar-refractivity contribution in [3.8, 4) is 0 Å². The van der Waals surface area contributed by atoms with Gasteiger partial charge in [0.1, 0.15) is 5.52 Å². The Bertz CT molecular complexity index is 1050. The van der Waals surface area contributed by atoms with Crippen molar-refractivity contribution < 1.29 is 14.0 Å². The summed E-state index contributed by atoms with van der Waals surface area (Å²) in [5, 5.41) is 3.13. The molecule has 8 heteroatoms. The van der Waals surface area contributed by atoms with Gasteiger partial charge < -0.3 is 8.98 Å². The molecule has 7 nitrogen and oxygen atoms in total. The lowest BCUT2D eigenvalue weighted by molar-refractivity contribution is -0.191. The molecule has 0 aliphatic rings. The molecule has 0 fully saturated rings. The number of aromatic nitrogens is 3. The van der Waals surface area contributed by atoms with Gasteiger partial charge in [-0.3, -0.25) is 5.32 Å². The highest BCUT2D eigenvalue weighted by molar-refractivity contribution is 9.10. The van der Waals surface area contributed by atoms with Crippen LogP contribution in [0, 0.1) is 0 Å². The second kappa shape index (κ2) is 6.66. The number of anilines is 2. The molecule has 4 rings (SSSR count). The molecule has 2 aromatic carbocycles. The summed E-state index contributed by atoms with van der Waals surface area (Å²) in [5.74, 6) is 0.696. The number of fused-ring (bicyclic) bond motifs is 2. The summed E-state index contributed by atoms with van der Waals surface area (Å²) >= 11 is 3.42. The molecule has 0 atom stereocenters. The van der Waals surface area contributed by atoms with Crippen LogP contribution in [0.3, 0.4) is 0 Å². The first-order valence-electron chi connectivity index (χ1n) is 6.86. The molecule has 0 radical (unpaired) electrons. The van der Waals surface area contributed by atoms with E-state index in [9.17, 15) is 0 Å². The zero-order chi connectivity index (χ0) is 17.1. The summed E-state index contributed by atoms with van der Waals surface area (Å²) in [6, 6.07) is 14.1. The molecule has 0 spiro atoms. The fraction of sp³-hybridized carbons (Fsp3) is 0.0625. The quantitative estimate of drug-likeness (QED) is 0.565. The van der Waals surface area contributed by atoms with Crippen LogP contribution in [0.2, 0.25) is 0 Å².